The Balaban J connectivity index is 1.72. The number of carbonyl (C=O) groups excluding carboxylic acids is 1. The highest BCUT2D eigenvalue weighted by Crippen LogP contribution is 2.12. The van der Waals surface area contributed by atoms with Crippen molar-refractivity contribution in [2.75, 3.05) is 13.2 Å². The summed E-state index contributed by atoms with van der Waals surface area (Å²) < 4.78 is 5.36. The van der Waals surface area contributed by atoms with Gasteiger partial charge < -0.3 is 10.1 Å². The summed E-state index contributed by atoms with van der Waals surface area (Å²) >= 11 is 0. The van der Waals surface area contributed by atoms with E-state index in [4.69, 9.17) is 4.74 Å². The van der Waals surface area contributed by atoms with E-state index >= 15 is 0 Å². The maximum Gasteiger partial charge on any atom is 0.249 e. The second kappa shape index (κ2) is 7.44. The smallest absolute Gasteiger partial charge is 0.249 e. The van der Waals surface area contributed by atoms with Crippen molar-refractivity contribution in [1.82, 2.24) is 5.32 Å². The molecule has 20 heavy (non-hydrogen) atoms. The number of hydrogen-bond donors (Lipinski definition) is 1. The molecule has 1 aromatic rings. The van der Waals surface area contributed by atoms with E-state index in [1.165, 1.54) is 11.1 Å². The summed E-state index contributed by atoms with van der Waals surface area (Å²) in [6, 6.07) is 8.71. The van der Waals surface area contributed by atoms with E-state index in [9.17, 15) is 4.79 Å². The second-order valence-corrected chi connectivity index (χ2v) is 5.96. The van der Waals surface area contributed by atoms with Crippen LogP contribution in [0.2, 0.25) is 0 Å². The van der Waals surface area contributed by atoms with Gasteiger partial charge in [0.25, 0.3) is 0 Å². The number of ether oxygens (including phenoxy) is 1. The summed E-state index contributed by atoms with van der Waals surface area (Å²) in [5.41, 5.74) is 2.65. The zero-order chi connectivity index (χ0) is 14.4. The first-order chi connectivity index (χ1) is 9.65. The van der Waals surface area contributed by atoms with Gasteiger partial charge in [0, 0.05) is 13.2 Å². The highest BCUT2D eigenvalue weighted by molar-refractivity contribution is 5.80. The molecule has 1 unspecified atom stereocenters. The van der Waals surface area contributed by atoms with Crippen LogP contribution in [0.5, 0.6) is 0 Å². The van der Waals surface area contributed by atoms with Crippen LogP contribution in [0.3, 0.4) is 0 Å². The molecule has 1 aliphatic heterocycles. The van der Waals surface area contributed by atoms with Crippen molar-refractivity contribution in [2.24, 2.45) is 5.92 Å². The SMILES string of the molecule is CC(C)Cc1ccc(CCNC(=O)C2CCCO2)cc1. The molecule has 0 aliphatic carbocycles. The first-order valence-corrected chi connectivity index (χ1v) is 7.62. The predicted octanol–water partition coefficient (Wildman–Crippen LogP) is 2.72. The minimum Gasteiger partial charge on any atom is -0.368 e. The minimum atomic E-state index is -0.219. The molecule has 1 heterocycles. The second-order valence-electron chi connectivity index (χ2n) is 5.96. The van der Waals surface area contributed by atoms with Gasteiger partial charge in [0.15, 0.2) is 0 Å². The fraction of sp³-hybridized carbons (Fsp3) is 0.588. The summed E-state index contributed by atoms with van der Waals surface area (Å²) in [4.78, 5) is 11.8. The van der Waals surface area contributed by atoms with Crippen LogP contribution in [-0.2, 0) is 22.4 Å². The van der Waals surface area contributed by atoms with E-state index in [-0.39, 0.29) is 12.0 Å². The standard InChI is InChI=1S/C17H25NO2/c1-13(2)12-15-7-5-14(6-8-15)9-10-18-17(19)16-4-3-11-20-16/h5-8,13,16H,3-4,9-12H2,1-2H3,(H,18,19). The van der Waals surface area contributed by atoms with Gasteiger partial charge in [-0.25, -0.2) is 0 Å². The van der Waals surface area contributed by atoms with Crippen LogP contribution in [0.1, 0.15) is 37.8 Å². The molecule has 1 aliphatic rings. The third kappa shape index (κ3) is 4.64. The lowest BCUT2D eigenvalue weighted by atomic mass is 10.0. The zero-order valence-electron chi connectivity index (χ0n) is 12.5. The quantitative estimate of drug-likeness (QED) is 0.867. The predicted molar refractivity (Wildman–Crippen MR) is 80.7 cm³/mol. The Hall–Kier alpha value is -1.35. The van der Waals surface area contributed by atoms with Crippen molar-refractivity contribution < 1.29 is 9.53 Å². The number of benzene rings is 1. The lowest BCUT2D eigenvalue weighted by molar-refractivity contribution is -0.129. The van der Waals surface area contributed by atoms with Gasteiger partial charge in [-0.05, 0) is 42.7 Å². The Morgan fingerprint density at radius 3 is 2.60 bits per heavy atom. The van der Waals surface area contributed by atoms with Crippen molar-refractivity contribution in [1.29, 1.82) is 0 Å². The Morgan fingerprint density at radius 1 is 1.30 bits per heavy atom. The summed E-state index contributed by atoms with van der Waals surface area (Å²) in [6.07, 6.45) is 3.63. The molecule has 1 atom stereocenters. The third-order valence-corrected chi connectivity index (χ3v) is 3.60. The van der Waals surface area contributed by atoms with Crippen molar-refractivity contribution in [3.8, 4) is 0 Å². The van der Waals surface area contributed by atoms with Crippen LogP contribution < -0.4 is 5.32 Å². The topological polar surface area (TPSA) is 38.3 Å². The molecule has 3 heteroatoms. The van der Waals surface area contributed by atoms with Crippen LogP contribution in [0, 0.1) is 5.92 Å². The average molecular weight is 275 g/mol. The largest absolute Gasteiger partial charge is 0.368 e. The molecule has 2 rings (SSSR count). The Morgan fingerprint density at radius 2 is 2.00 bits per heavy atom. The van der Waals surface area contributed by atoms with Crippen molar-refractivity contribution >= 4 is 5.91 Å². The first-order valence-electron chi connectivity index (χ1n) is 7.62. The normalized spacial score (nSPS) is 18.4. The molecular formula is C17H25NO2. The Labute approximate surface area is 121 Å². The van der Waals surface area contributed by atoms with Gasteiger partial charge >= 0.3 is 0 Å². The number of amides is 1. The summed E-state index contributed by atoms with van der Waals surface area (Å²) in [6.45, 7) is 5.86. The van der Waals surface area contributed by atoms with E-state index in [1.807, 2.05) is 0 Å². The summed E-state index contributed by atoms with van der Waals surface area (Å²) in [7, 11) is 0. The van der Waals surface area contributed by atoms with Crippen LogP contribution in [0.25, 0.3) is 0 Å². The van der Waals surface area contributed by atoms with Gasteiger partial charge in [0.1, 0.15) is 6.10 Å². The number of carbonyl (C=O) groups is 1. The lowest BCUT2D eigenvalue weighted by Gasteiger charge is -2.10. The Kier molecular flexibility index (Phi) is 5.60. The Bertz CT molecular complexity index is 419. The number of hydrogen-bond acceptors (Lipinski definition) is 2. The van der Waals surface area contributed by atoms with Crippen LogP contribution in [0.15, 0.2) is 24.3 Å². The molecule has 0 saturated carbocycles. The van der Waals surface area contributed by atoms with Gasteiger partial charge in [0.05, 0.1) is 0 Å². The summed E-state index contributed by atoms with van der Waals surface area (Å²) in [5.74, 6) is 0.727. The van der Waals surface area contributed by atoms with E-state index in [0.29, 0.717) is 12.5 Å². The average Bonchev–Trinajstić information content (AvgIpc) is 2.94. The van der Waals surface area contributed by atoms with Gasteiger partial charge in [-0.3, -0.25) is 4.79 Å². The molecule has 1 saturated heterocycles. The zero-order valence-corrected chi connectivity index (χ0v) is 12.5. The van der Waals surface area contributed by atoms with E-state index in [1.54, 1.807) is 0 Å². The monoisotopic (exact) mass is 275 g/mol. The van der Waals surface area contributed by atoms with Gasteiger partial charge in [0.2, 0.25) is 5.91 Å². The van der Waals surface area contributed by atoms with Crippen molar-refractivity contribution in [3.05, 3.63) is 35.4 Å². The van der Waals surface area contributed by atoms with Crippen LogP contribution in [-0.4, -0.2) is 25.2 Å². The fourth-order valence-corrected chi connectivity index (χ4v) is 2.54. The maximum absolute atomic E-state index is 11.8. The maximum atomic E-state index is 11.8. The van der Waals surface area contributed by atoms with Gasteiger partial charge in [-0.2, -0.15) is 0 Å². The highest BCUT2D eigenvalue weighted by atomic mass is 16.5. The van der Waals surface area contributed by atoms with Crippen molar-refractivity contribution in [3.63, 3.8) is 0 Å². The molecule has 1 fully saturated rings. The van der Waals surface area contributed by atoms with Gasteiger partial charge in [-0.15, -0.1) is 0 Å². The molecule has 3 nitrogen and oxygen atoms in total. The van der Waals surface area contributed by atoms with E-state index in [2.05, 4.69) is 43.4 Å². The van der Waals surface area contributed by atoms with Crippen molar-refractivity contribution in [2.45, 2.75) is 45.6 Å². The first kappa shape index (κ1) is 15.0. The molecule has 1 N–H and O–H groups in total. The molecule has 0 aromatic heterocycles. The van der Waals surface area contributed by atoms with E-state index in [0.717, 1.165) is 32.3 Å². The highest BCUT2D eigenvalue weighted by Gasteiger charge is 2.22. The number of nitrogens with one attached hydrogen (secondary N) is 1. The van der Waals surface area contributed by atoms with E-state index < -0.39 is 0 Å². The third-order valence-electron chi connectivity index (χ3n) is 3.60. The lowest BCUT2D eigenvalue weighted by Crippen LogP contribution is -2.35. The molecule has 0 radical (unpaired) electrons. The minimum absolute atomic E-state index is 0.0407. The molecule has 0 spiro atoms. The fourth-order valence-electron chi connectivity index (χ4n) is 2.54. The van der Waals surface area contributed by atoms with Gasteiger partial charge in [-0.1, -0.05) is 38.1 Å². The molecule has 1 aromatic carbocycles. The molecule has 0 bridgehead atoms. The summed E-state index contributed by atoms with van der Waals surface area (Å²) in [5, 5.41) is 2.96. The molecular weight excluding hydrogens is 250 g/mol. The van der Waals surface area contributed by atoms with Crippen LogP contribution >= 0.6 is 0 Å². The number of rotatable bonds is 6. The molecule has 110 valence electrons. The molecule has 1 amide bonds. The van der Waals surface area contributed by atoms with Crippen LogP contribution in [0.4, 0.5) is 0 Å².